The highest BCUT2D eigenvalue weighted by molar-refractivity contribution is 4.95. The van der Waals surface area contributed by atoms with Crippen molar-refractivity contribution in [2.24, 2.45) is 11.8 Å². The molecule has 2 saturated heterocycles. The van der Waals surface area contributed by atoms with Gasteiger partial charge in [0.25, 0.3) is 0 Å². The van der Waals surface area contributed by atoms with Crippen molar-refractivity contribution >= 4 is 0 Å². The van der Waals surface area contributed by atoms with E-state index in [1.54, 1.807) is 0 Å². The summed E-state index contributed by atoms with van der Waals surface area (Å²) in [4.78, 5) is 0. The summed E-state index contributed by atoms with van der Waals surface area (Å²) < 4.78 is 11.6. The number of rotatable bonds is 3. The number of hydrogen-bond donors (Lipinski definition) is 1. The van der Waals surface area contributed by atoms with Crippen molar-refractivity contribution in [1.82, 2.24) is 5.32 Å². The molecular formula is C15H27NO2. The van der Waals surface area contributed by atoms with Gasteiger partial charge < -0.3 is 14.8 Å². The zero-order valence-electron chi connectivity index (χ0n) is 11.6. The Morgan fingerprint density at radius 1 is 1.11 bits per heavy atom. The molecule has 3 heteroatoms. The van der Waals surface area contributed by atoms with Gasteiger partial charge in [0, 0.05) is 25.7 Å². The lowest BCUT2D eigenvalue weighted by Crippen LogP contribution is -2.48. The number of nitrogens with one attached hydrogen (secondary N) is 1. The van der Waals surface area contributed by atoms with Crippen molar-refractivity contribution in [3.8, 4) is 0 Å². The summed E-state index contributed by atoms with van der Waals surface area (Å²) in [7, 11) is 2.15. The van der Waals surface area contributed by atoms with Gasteiger partial charge in [-0.05, 0) is 44.6 Å². The van der Waals surface area contributed by atoms with Crippen LogP contribution < -0.4 is 5.32 Å². The van der Waals surface area contributed by atoms with Crippen molar-refractivity contribution in [2.75, 3.05) is 26.9 Å². The molecule has 3 nitrogen and oxygen atoms in total. The molecule has 3 rings (SSSR count). The lowest BCUT2D eigenvalue weighted by molar-refractivity contribution is -0.105. The van der Waals surface area contributed by atoms with Crippen LogP contribution in [0.5, 0.6) is 0 Å². The first-order valence-electron chi connectivity index (χ1n) is 7.72. The van der Waals surface area contributed by atoms with E-state index in [4.69, 9.17) is 9.47 Å². The highest BCUT2D eigenvalue weighted by atomic mass is 16.6. The Bertz CT molecular complexity index is 270. The molecule has 0 amide bonds. The zero-order chi connectivity index (χ0) is 12.4. The lowest BCUT2D eigenvalue weighted by atomic mass is 9.76. The SMILES string of the molecule is CNC(C1CCCC1)C1CCOC2(CCOC2)C1. The second kappa shape index (κ2) is 5.48. The van der Waals surface area contributed by atoms with Crippen LogP contribution in [0.25, 0.3) is 0 Å². The van der Waals surface area contributed by atoms with Crippen LogP contribution in [0.1, 0.15) is 44.9 Å². The van der Waals surface area contributed by atoms with Crippen LogP contribution in [0, 0.1) is 11.8 Å². The molecule has 1 saturated carbocycles. The third kappa shape index (κ3) is 2.45. The summed E-state index contributed by atoms with van der Waals surface area (Å²) in [5, 5.41) is 3.62. The standard InChI is InChI=1S/C15H27NO2/c1-16-14(12-4-2-3-5-12)13-6-8-18-15(10-13)7-9-17-11-15/h12-14,16H,2-11H2,1H3. The van der Waals surface area contributed by atoms with E-state index < -0.39 is 0 Å². The van der Waals surface area contributed by atoms with Gasteiger partial charge in [0.15, 0.2) is 0 Å². The molecule has 2 heterocycles. The average molecular weight is 253 g/mol. The summed E-state index contributed by atoms with van der Waals surface area (Å²) in [6.07, 6.45) is 9.24. The van der Waals surface area contributed by atoms with Gasteiger partial charge in [0.2, 0.25) is 0 Å². The van der Waals surface area contributed by atoms with E-state index in [2.05, 4.69) is 12.4 Å². The van der Waals surface area contributed by atoms with Gasteiger partial charge in [-0.25, -0.2) is 0 Å². The topological polar surface area (TPSA) is 30.5 Å². The molecule has 1 N–H and O–H groups in total. The highest BCUT2D eigenvalue weighted by Gasteiger charge is 2.44. The molecule has 0 radical (unpaired) electrons. The Hall–Kier alpha value is -0.120. The molecule has 104 valence electrons. The predicted molar refractivity (Wildman–Crippen MR) is 71.6 cm³/mol. The first-order valence-corrected chi connectivity index (χ1v) is 7.72. The van der Waals surface area contributed by atoms with Crippen molar-refractivity contribution in [1.29, 1.82) is 0 Å². The lowest BCUT2D eigenvalue weighted by Gasteiger charge is -2.42. The maximum Gasteiger partial charge on any atom is 0.0939 e. The van der Waals surface area contributed by atoms with Gasteiger partial charge >= 0.3 is 0 Å². The average Bonchev–Trinajstić information content (AvgIpc) is 3.03. The molecule has 2 aliphatic heterocycles. The minimum atomic E-state index is 0.0661. The third-order valence-corrected chi connectivity index (χ3v) is 5.35. The summed E-state index contributed by atoms with van der Waals surface area (Å²) >= 11 is 0. The molecule has 1 spiro atoms. The first kappa shape index (κ1) is 12.9. The maximum absolute atomic E-state index is 6.06. The minimum Gasteiger partial charge on any atom is -0.378 e. The molecule has 3 atom stereocenters. The van der Waals surface area contributed by atoms with Crippen LogP contribution in [0.2, 0.25) is 0 Å². The van der Waals surface area contributed by atoms with E-state index in [-0.39, 0.29) is 5.60 Å². The summed E-state index contributed by atoms with van der Waals surface area (Å²) in [6.45, 7) is 2.64. The molecule has 3 aliphatic rings. The van der Waals surface area contributed by atoms with Crippen LogP contribution in [0.15, 0.2) is 0 Å². The molecule has 1 aliphatic carbocycles. The van der Waals surface area contributed by atoms with Crippen molar-refractivity contribution < 1.29 is 9.47 Å². The number of hydrogen-bond acceptors (Lipinski definition) is 3. The summed E-state index contributed by atoms with van der Waals surface area (Å²) in [5.41, 5.74) is 0.0661. The van der Waals surface area contributed by atoms with Gasteiger partial charge in [-0.3, -0.25) is 0 Å². The first-order chi connectivity index (χ1) is 8.83. The molecule has 0 aromatic heterocycles. The molecule has 0 aromatic carbocycles. The van der Waals surface area contributed by atoms with Gasteiger partial charge in [0.05, 0.1) is 12.2 Å². The highest BCUT2D eigenvalue weighted by Crippen LogP contribution is 2.41. The van der Waals surface area contributed by atoms with Crippen LogP contribution in [-0.2, 0) is 9.47 Å². The molecule has 0 aromatic rings. The Morgan fingerprint density at radius 3 is 2.61 bits per heavy atom. The zero-order valence-corrected chi connectivity index (χ0v) is 11.6. The normalized spacial score (nSPS) is 39.5. The maximum atomic E-state index is 6.06. The smallest absolute Gasteiger partial charge is 0.0939 e. The number of ether oxygens (including phenoxy) is 2. The fourth-order valence-corrected chi connectivity index (χ4v) is 4.41. The largest absolute Gasteiger partial charge is 0.378 e. The van der Waals surface area contributed by atoms with Gasteiger partial charge in [-0.1, -0.05) is 12.8 Å². The van der Waals surface area contributed by atoms with E-state index in [0.29, 0.717) is 6.04 Å². The second-order valence-corrected chi connectivity index (χ2v) is 6.45. The van der Waals surface area contributed by atoms with Crippen molar-refractivity contribution in [3.05, 3.63) is 0 Å². The Kier molecular flexibility index (Phi) is 3.92. The van der Waals surface area contributed by atoms with E-state index in [1.807, 2.05) is 0 Å². The molecule has 18 heavy (non-hydrogen) atoms. The van der Waals surface area contributed by atoms with E-state index >= 15 is 0 Å². The van der Waals surface area contributed by atoms with Crippen LogP contribution in [0.4, 0.5) is 0 Å². The molecule has 0 bridgehead atoms. The second-order valence-electron chi connectivity index (χ2n) is 6.45. The third-order valence-electron chi connectivity index (χ3n) is 5.35. The van der Waals surface area contributed by atoms with Crippen molar-refractivity contribution in [3.63, 3.8) is 0 Å². The minimum absolute atomic E-state index is 0.0661. The summed E-state index contributed by atoms with van der Waals surface area (Å²) in [5.74, 6) is 1.69. The fourth-order valence-electron chi connectivity index (χ4n) is 4.41. The fraction of sp³-hybridized carbons (Fsp3) is 1.00. The molecular weight excluding hydrogens is 226 g/mol. The van der Waals surface area contributed by atoms with E-state index in [1.165, 1.54) is 38.5 Å². The van der Waals surface area contributed by atoms with Crippen molar-refractivity contribution in [2.45, 2.75) is 56.6 Å². The monoisotopic (exact) mass is 253 g/mol. The van der Waals surface area contributed by atoms with E-state index in [0.717, 1.165) is 38.1 Å². The molecule has 3 fully saturated rings. The Morgan fingerprint density at radius 2 is 1.94 bits per heavy atom. The summed E-state index contributed by atoms with van der Waals surface area (Å²) in [6, 6.07) is 0.703. The van der Waals surface area contributed by atoms with Crippen LogP contribution in [-0.4, -0.2) is 38.5 Å². The Balaban J connectivity index is 1.66. The van der Waals surface area contributed by atoms with E-state index in [9.17, 15) is 0 Å². The predicted octanol–water partition coefficient (Wildman–Crippen LogP) is 2.35. The van der Waals surface area contributed by atoms with Crippen LogP contribution >= 0.6 is 0 Å². The quantitative estimate of drug-likeness (QED) is 0.837. The molecule has 3 unspecified atom stereocenters. The van der Waals surface area contributed by atoms with Gasteiger partial charge in [-0.2, -0.15) is 0 Å². The van der Waals surface area contributed by atoms with Gasteiger partial charge in [0.1, 0.15) is 0 Å². The van der Waals surface area contributed by atoms with Crippen LogP contribution in [0.3, 0.4) is 0 Å². The van der Waals surface area contributed by atoms with Gasteiger partial charge in [-0.15, -0.1) is 0 Å². The Labute approximate surface area is 111 Å².